The molecule has 0 aliphatic heterocycles. The van der Waals surface area contributed by atoms with Crippen LogP contribution in [0.15, 0.2) is 54.6 Å². The number of hydrogen-bond acceptors (Lipinski definition) is 1. The van der Waals surface area contributed by atoms with E-state index in [0.29, 0.717) is 6.04 Å². The zero-order chi connectivity index (χ0) is 15.2. The summed E-state index contributed by atoms with van der Waals surface area (Å²) in [5.41, 5.74) is 4.19. The van der Waals surface area contributed by atoms with E-state index in [0.717, 1.165) is 24.5 Å². The van der Waals surface area contributed by atoms with E-state index in [1.165, 1.54) is 29.5 Å². The molecule has 22 heavy (non-hydrogen) atoms. The molecule has 0 bridgehead atoms. The van der Waals surface area contributed by atoms with Crippen LogP contribution < -0.4 is 10.6 Å². The SMILES string of the molecule is S=C(NCCc1ccccc1)N[C@@H]1CCCc2ccccc21. The zero-order valence-corrected chi connectivity index (χ0v) is 13.5. The van der Waals surface area contributed by atoms with Crippen molar-refractivity contribution in [1.29, 1.82) is 0 Å². The number of fused-ring (bicyclic) bond motifs is 1. The molecule has 2 nitrogen and oxygen atoms in total. The van der Waals surface area contributed by atoms with Crippen LogP contribution in [0.25, 0.3) is 0 Å². The van der Waals surface area contributed by atoms with Crippen LogP contribution >= 0.6 is 12.2 Å². The van der Waals surface area contributed by atoms with Crippen molar-refractivity contribution >= 4 is 17.3 Å². The largest absolute Gasteiger partial charge is 0.362 e. The van der Waals surface area contributed by atoms with Crippen LogP contribution in [0.4, 0.5) is 0 Å². The first kappa shape index (κ1) is 15.0. The summed E-state index contributed by atoms with van der Waals surface area (Å²) in [6.45, 7) is 0.865. The molecule has 3 heteroatoms. The maximum atomic E-state index is 5.46. The molecule has 0 unspecified atom stereocenters. The van der Waals surface area contributed by atoms with Gasteiger partial charge >= 0.3 is 0 Å². The molecule has 0 radical (unpaired) electrons. The first-order chi connectivity index (χ1) is 10.8. The first-order valence-electron chi connectivity index (χ1n) is 7.99. The number of benzene rings is 2. The van der Waals surface area contributed by atoms with Gasteiger partial charge < -0.3 is 10.6 Å². The van der Waals surface area contributed by atoms with E-state index in [1.54, 1.807) is 0 Å². The second-order valence-electron chi connectivity index (χ2n) is 5.78. The quantitative estimate of drug-likeness (QED) is 0.841. The van der Waals surface area contributed by atoms with Crippen LogP contribution in [-0.4, -0.2) is 11.7 Å². The smallest absolute Gasteiger partial charge is 0.166 e. The van der Waals surface area contributed by atoms with E-state index in [-0.39, 0.29) is 0 Å². The van der Waals surface area contributed by atoms with Crippen LogP contribution in [0.1, 0.15) is 35.6 Å². The summed E-state index contributed by atoms with van der Waals surface area (Å²) in [6.07, 6.45) is 4.55. The standard InChI is InChI=1S/C19H22N2S/c22-19(20-14-13-15-7-2-1-3-8-15)21-18-12-6-10-16-9-4-5-11-17(16)18/h1-5,7-9,11,18H,6,10,12-14H2,(H2,20,21,22)/t18-/m1/s1. The van der Waals surface area contributed by atoms with Gasteiger partial charge in [0.15, 0.2) is 5.11 Å². The van der Waals surface area contributed by atoms with Crippen molar-refractivity contribution < 1.29 is 0 Å². The third-order valence-corrected chi connectivity index (χ3v) is 4.48. The third kappa shape index (κ3) is 3.86. The normalized spacial score (nSPS) is 16.6. The van der Waals surface area contributed by atoms with Crippen LogP contribution in [-0.2, 0) is 12.8 Å². The van der Waals surface area contributed by atoms with E-state index in [2.05, 4.69) is 59.2 Å². The van der Waals surface area contributed by atoms with Crippen molar-refractivity contribution in [1.82, 2.24) is 10.6 Å². The summed E-state index contributed by atoms with van der Waals surface area (Å²) in [5.74, 6) is 0. The molecule has 0 fully saturated rings. The summed E-state index contributed by atoms with van der Waals surface area (Å²) in [7, 11) is 0. The summed E-state index contributed by atoms with van der Waals surface area (Å²) in [4.78, 5) is 0. The molecule has 0 saturated carbocycles. The van der Waals surface area contributed by atoms with Gasteiger partial charge in [0.25, 0.3) is 0 Å². The lowest BCUT2D eigenvalue weighted by Gasteiger charge is -2.27. The highest BCUT2D eigenvalue weighted by atomic mass is 32.1. The highest BCUT2D eigenvalue weighted by Crippen LogP contribution is 2.29. The fraction of sp³-hybridized carbons (Fsp3) is 0.316. The van der Waals surface area contributed by atoms with Gasteiger partial charge in [-0.25, -0.2) is 0 Å². The molecule has 1 aliphatic rings. The Labute approximate surface area is 137 Å². The van der Waals surface area contributed by atoms with Crippen LogP contribution in [0.3, 0.4) is 0 Å². The Kier molecular flexibility index (Phi) is 5.07. The Bertz CT molecular complexity index is 624. The Morgan fingerprint density at radius 2 is 1.82 bits per heavy atom. The summed E-state index contributed by atoms with van der Waals surface area (Å²) < 4.78 is 0. The molecule has 2 aromatic rings. The van der Waals surface area contributed by atoms with Gasteiger partial charge in [0.2, 0.25) is 0 Å². The molecule has 114 valence electrons. The molecule has 0 saturated heterocycles. The molecule has 1 aliphatic carbocycles. The fourth-order valence-corrected chi connectivity index (χ4v) is 3.32. The fourth-order valence-electron chi connectivity index (χ4n) is 3.08. The lowest BCUT2D eigenvalue weighted by atomic mass is 9.88. The number of aryl methyl sites for hydroxylation is 1. The first-order valence-corrected chi connectivity index (χ1v) is 8.40. The third-order valence-electron chi connectivity index (χ3n) is 4.22. The lowest BCUT2D eigenvalue weighted by molar-refractivity contribution is 0.523. The van der Waals surface area contributed by atoms with Crippen LogP contribution in [0.5, 0.6) is 0 Å². The zero-order valence-electron chi connectivity index (χ0n) is 12.7. The highest BCUT2D eigenvalue weighted by molar-refractivity contribution is 7.80. The van der Waals surface area contributed by atoms with Crippen molar-refractivity contribution in [3.05, 3.63) is 71.3 Å². The van der Waals surface area contributed by atoms with Crippen molar-refractivity contribution in [3.63, 3.8) is 0 Å². The number of hydrogen-bond donors (Lipinski definition) is 2. The van der Waals surface area contributed by atoms with Gasteiger partial charge in [-0.15, -0.1) is 0 Å². The molecular formula is C19H22N2S. The average Bonchev–Trinajstić information content (AvgIpc) is 2.56. The molecule has 1 atom stereocenters. The molecule has 2 aromatic carbocycles. The van der Waals surface area contributed by atoms with Gasteiger partial charge in [-0.1, -0.05) is 54.6 Å². The van der Waals surface area contributed by atoms with Crippen LogP contribution in [0, 0.1) is 0 Å². The topological polar surface area (TPSA) is 24.1 Å². The Balaban J connectivity index is 1.50. The highest BCUT2D eigenvalue weighted by Gasteiger charge is 2.19. The second kappa shape index (κ2) is 7.41. The molecule has 0 aromatic heterocycles. The van der Waals surface area contributed by atoms with Gasteiger partial charge in [-0.3, -0.25) is 0 Å². The maximum absolute atomic E-state index is 5.46. The van der Waals surface area contributed by atoms with Gasteiger partial charge in [0.1, 0.15) is 0 Å². The Morgan fingerprint density at radius 1 is 1.05 bits per heavy atom. The summed E-state index contributed by atoms with van der Waals surface area (Å²) in [5, 5.41) is 7.57. The van der Waals surface area contributed by atoms with Gasteiger partial charge in [0, 0.05) is 6.54 Å². The van der Waals surface area contributed by atoms with Gasteiger partial charge in [-0.05, 0) is 54.6 Å². The number of thiocarbonyl (C=S) groups is 1. The van der Waals surface area contributed by atoms with Crippen molar-refractivity contribution in [3.8, 4) is 0 Å². The maximum Gasteiger partial charge on any atom is 0.166 e. The molecule has 3 rings (SSSR count). The van der Waals surface area contributed by atoms with Crippen molar-refractivity contribution in [2.75, 3.05) is 6.54 Å². The van der Waals surface area contributed by atoms with E-state index in [1.807, 2.05) is 6.07 Å². The lowest BCUT2D eigenvalue weighted by Crippen LogP contribution is -2.39. The summed E-state index contributed by atoms with van der Waals surface area (Å²) >= 11 is 5.46. The molecule has 0 amide bonds. The van der Waals surface area contributed by atoms with Crippen LogP contribution in [0.2, 0.25) is 0 Å². The minimum absolute atomic E-state index is 0.349. The molecule has 0 heterocycles. The van der Waals surface area contributed by atoms with E-state index in [4.69, 9.17) is 12.2 Å². The predicted octanol–water partition coefficient (Wildman–Crippen LogP) is 3.77. The Hall–Kier alpha value is -1.87. The minimum atomic E-state index is 0.349. The van der Waals surface area contributed by atoms with Crippen molar-refractivity contribution in [2.45, 2.75) is 31.7 Å². The number of rotatable bonds is 4. The van der Waals surface area contributed by atoms with Crippen molar-refractivity contribution in [2.24, 2.45) is 0 Å². The van der Waals surface area contributed by atoms with Gasteiger partial charge in [0.05, 0.1) is 6.04 Å². The second-order valence-corrected chi connectivity index (χ2v) is 6.19. The van der Waals surface area contributed by atoms with E-state index in [9.17, 15) is 0 Å². The molecule has 2 N–H and O–H groups in total. The van der Waals surface area contributed by atoms with E-state index < -0.39 is 0 Å². The summed E-state index contributed by atoms with van der Waals surface area (Å²) in [6, 6.07) is 19.5. The monoisotopic (exact) mass is 310 g/mol. The predicted molar refractivity (Wildman–Crippen MR) is 96.0 cm³/mol. The van der Waals surface area contributed by atoms with E-state index >= 15 is 0 Å². The number of nitrogens with one attached hydrogen (secondary N) is 2. The molecule has 0 spiro atoms. The molecular weight excluding hydrogens is 288 g/mol. The van der Waals surface area contributed by atoms with Gasteiger partial charge in [-0.2, -0.15) is 0 Å². The minimum Gasteiger partial charge on any atom is -0.362 e. The average molecular weight is 310 g/mol. The Morgan fingerprint density at radius 3 is 2.68 bits per heavy atom.